The molecular weight excluding hydrogens is 394 g/mol. The van der Waals surface area contributed by atoms with E-state index in [4.69, 9.17) is 4.74 Å². The molecule has 5 nitrogen and oxygen atoms in total. The van der Waals surface area contributed by atoms with Gasteiger partial charge in [0.1, 0.15) is 5.75 Å². The zero-order valence-corrected chi connectivity index (χ0v) is 18.0. The number of hydrogen-bond donors (Lipinski definition) is 0. The van der Waals surface area contributed by atoms with Crippen LogP contribution in [0.3, 0.4) is 0 Å². The summed E-state index contributed by atoms with van der Waals surface area (Å²) in [6.07, 6.45) is -3.04. The first-order valence-corrected chi connectivity index (χ1v) is 8.56. The third-order valence-corrected chi connectivity index (χ3v) is 4.45. The fraction of sp³-hybridized carbons (Fsp3) is 0.250. The molecule has 2 heterocycles. The zero-order valence-electron chi connectivity index (χ0n) is 14.1. The third kappa shape index (κ3) is 5.60. The molecule has 0 fully saturated rings. The maximum Gasteiger partial charge on any atom is 1.00 e. The number of imidazole rings is 1. The molecule has 0 bridgehead atoms. The predicted octanol–water partition coefficient (Wildman–Crippen LogP) is 0.148. The third-order valence-electron chi connectivity index (χ3n) is 3.30. The van der Waals surface area contributed by atoms with Crippen LogP contribution in [-0.2, 0) is 16.6 Å². The van der Waals surface area contributed by atoms with Crippen molar-refractivity contribution in [2.75, 3.05) is 6.61 Å². The van der Waals surface area contributed by atoms with Crippen molar-refractivity contribution in [2.24, 2.45) is 0 Å². The van der Waals surface area contributed by atoms with E-state index in [2.05, 4.69) is 15.0 Å². The van der Waals surface area contributed by atoms with E-state index in [0.717, 1.165) is 0 Å². The molecular formula is C16H13F3KN3O2S. The van der Waals surface area contributed by atoms with Crippen molar-refractivity contribution in [3.63, 3.8) is 0 Å². The van der Waals surface area contributed by atoms with Gasteiger partial charge in [-0.1, -0.05) is 24.3 Å². The van der Waals surface area contributed by atoms with Gasteiger partial charge in [0.2, 0.25) is 0 Å². The van der Waals surface area contributed by atoms with E-state index in [1.807, 2.05) is 0 Å². The fourth-order valence-electron chi connectivity index (χ4n) is 2.12. The summed E-state index contributed by atoms with van der Waals surface area (Å²) < 4.78 is 54.1. The Labute approximate surface area is 192 Å². The number of aromatic nitrogens is 3. The first kappa shape index (κ1) is 21.5. The number of aryl methyl sites for hydroxylation is 1. The normalized spacial score (nSPS) is 12.6. The Hall–Kier alpha value is -0.784. The van der Waals surface area contributed by atoms with Gasteiger partial charge >= 0.3 is 57.6 Å². The molecule has 1 atom stereocenters. The molecule has 0 aliphatic rings. The van der Waals surface area contributed by atoms with E-state index in [1.165, 1.54) is 12.3 Å². The molecule has 0 amide bonds. The fourth-order valence-corrected chi connectivity index (χ4v) is 3.08. The number of halogens is 3. The van der Waals surface area contributed by atoms with Crippen LogP contribution >= 0.6 is 0 Å². The van der Waals surface area contributed by atoms with Crippen LogP contribution in [0.1, 0.15) is 11.3 Å². The molecule has 0 aliphatic carbocycles. The quantitative estimate of drug-likeness (QED) is 0.564. The maximum absolute atomic E-state index is 12.4. The van der Waals surface area contributed by atoms with Crippen molar-refractivity contribution in [1.29, 1.82) is 0 Å². The molecule has 0 saturated heterocycles. The molecule has 1 aromatic carbocycles. The molecule has 132 valence electrons. The van der Waals surface area contributed by atoms with E-state index in [0.29, 0.717) is 22.3 Å². The second-order valence-corrected chi connectivity index (χ2v) is 6.67. The van der Waals surface area contributed by atoms with Crippen LogP contribution in [-0.4, -0.2) is 27.0 Å². The van der Waals surface area contributed by atoms with E-state index in [-0.39, 0.29) is 68.0 Å². The minimum Gasteiger partial charge on any atom is -0.484 e. The molecule has 3 aromatic rings. The molecule has 0 saturated carbocycles. The number of fused-ring (bicyclic) bond motifs is 1. The Kier molecular flexibility index (Phi) is 7.40. The van der Waals surface area contributed by atoms with E-state index < -0.39 is 23.6 Å². The zero-order chi connectivity index (χ0) is 18.0. The number of pyridine rings is 1. The van der Waals surface area contributed by atoms with Crippen LogP contribution in [0.2, 0.25) is 0 Å². The van der Waals surface area contributed by atoms with E-state index in [1.54, 1.807) is 31.2 Å². The van der Waals surface area contributed by atoms with Gasteiger partial charge in [0.15, 0.2) is 6.61 Å². The van der Waals surface area contributed by atoms with Crippen LogP contribution in [0, 0.1) is 6.92 Å². The first-order valence-electron chi connectivity index (χ1n) is 7.25. The number of benzene rings is 1. The summed E-state index contributed by atoms with van der Waals surface area (Å²) in [5, 5.41) is 0.168. The van der Waals surface area contributed by atoms with Crippen LogP contribution < -0.4 is 61.1 Å². The average molecular weight is 407 g/mol. The summed E-state index contributed by atoms with van der Waals surface area (Å²) in [6.45, 7) is 0.199. The van der Waals surface area contributed by atoms with Crippen LogP contribution in [0.5, 0.6) is 5.75 Å². The second-order valence-electron chi connectivity index (χ2n) is 5.33. The Balaban J connectivity index is 0.00000243. The van der Waals surface area contributed by atoms with Gasteiger partial charge < -0.3 is 14.7 Å². The Bertz CT molecular complexity index is 897. The summed E-state index contributed by atoms with van der Waals surface area (Å²) in [4.78, 5) is 12.5. The van der Waals surface area contributed by atoms with Crippen LogP contribution in [0.15, 0.2) is 41.7 Å². The van der Waals surface area contributed by atoms with Crippen molar-refractivity contribution in [1.82, 2.24) is 15.0 Å². The van der Waals surface area contributed by atoms with Crippen molar-refractivity contribution in [2.45, 2.75) is 24.0 Å². The second kappa shape index (κ2) is 8.94. The average Bonchev–Trinajstić information content (AvgIpc) is 2.99. The molecule has 0 spiro atoms. The molecule has 0 N–H and O–H groups in total. The van der Waals surface area contributed by atoms with Crippen molar-refractivity contribution in [3.8, 4) is 5.75 Å². The van der Waals surface area contributed by atoms with Crippen LogP contribution in [0.4, 0.5) is 13.2 Å². The maximum atomic E-state index is 12.4. The standard InChI is InChI=1S/C16H13F3N3O2S.K/c1-10-7-20-11(6-14(10)24-9-16(17,18)19)8-25(23)15-21-12-4-2-3-5-13(12)22-15;/h2-7H,8-9H2,1H3;/q-1;+1. The van der Waals surface area contributed by atoms with E-state index in [9.17, 15) is 17.4 Å². The molecule has 3 rings (SSSR count). The molecule has 2 aromatic heterocycles. The minimum absolute atomic E-state index is 0. The number of alkyl halides is 3. The number of para-hydroxylation sites is 2. The topological polar surface area (TPSA) is 66.2 Å². The van der Waals surface area contributed by atoms with Gasteiger partial charge in [0.05, 0.1) is 22.2 Å². The molecule has 26 heavy (non-hydrogen) atoms. The Morgan fingerprint density at radius 2 is 2.00 bits per heavy atom. The van der Waals surface area contributed by atoms with Gasteiger partial charge in [-0.3, -0.25) is 9.19 Å². The van der Waals surface area contributed by atoms with Gasteiger partial charge in [0, 0.05) is 23.0 Å². The summed E-state index contributed by atoms with van der Waals surface area (Å²) in [5.41, 5.74) is 2.08. The predicted molar refractivity (Wildman–Crippen MR) is 85.7 cm³/mol. The summed E-state index contributed by atoms with van der Waals surface area (Å²) >= 11 is 0. The molecule has 1 unspecified atom stereocenters. The number of hydrogen-bond acceptors (Lipinski definition) is 4. The molecule has 0 radical (unpaired) electrons. The van der Waals surface area contributed by atoms with Crippen molar-refractivity contribution in [3.05, 3.63) is 47.8 Å². The van der Waals surface area contributed by atoms with Gasteiger partial charge in [0.25, 0.3) is 0 Å². The SMILES string of the molecule is Cc1cnc(CS(=O)c2nc3ccccc3[n-]2)cc1OCC(F)(F)F.[K+]. The van der Waals surface area contributed by atoms with Gasteiger partial charge in [-0.2, -0.15) is 13.2 Å². The number of rotatable bonds is 5. The smallest absolute Gasteiger partial charge is 0.484 e. The summed E-state index contributed by atoms with van der Waals surface area (Å²) in [6, 6.07) is 8.49. The minimum atomic E-state index is -4.43. The monoisotopic (exact) mass is 407 g/mol. The Morgan fingerprint density at radius 1 is 1.27 bits per heavy atom. The van der Waals surface area contributed by atoms with Crippen molar-refractivity contribution < 1.29 is 73.5 Å². The first-order chi connectivity index (χ1) is 11.8. The molecule has 10 heteroatoms. The van der Waals surface area contributed by atoms with E-state index >= 15 is 0 Å². The van der Waals surface area contributed by atoms with Gasteiger partial charge in [-0.15, -0.1) is 0 Å². The molecule has 0 aliphatic heterocycles. The Morgan fingerprint density at radius 3 is 2.69 bits per heavy atom. The van der Waals surface area contributed by atoms with Crippen LogP contribution in [0.25, 0.3) is 11.0 Å². The van der Waals surface area contributed by atoms with Gasteiger partial charge in [-0.05, 0) is 18.0 Å². The number of nitrogens with zero attached hydrogens (tertiary/aromatic N) is 3. The summed E-state index contributed by atoms with van der Waals surface area (Å²) in [7, 11) is -1.57. The number of ether oxygens (including phenoxy) is 1. The summed E-state index contributed by atoms with van der Waals surface area (Å²) in [5.74, 6) is 0.0480. The van der Waals surface area contributed by atoms with Gasteiger partial charge in [-0.25, -0.2) is 0 Å². The largest absolute Gasteiger partial charge is 1.00 e. The van der Waals surface area contributed by atoms with Crippen molar-refractivity contribution >= 4 is 21.8 Å².